The van der Waals surface area contributed by atoms with Gasteiger partial charge in [-0.3, -0.25) is 0 Å². The zero-order valence-electron chi connectivity index (χ0n) is 11.6. The van der Waals surface area contributed by atoms with Crippen LogP contribution in [0.5, 0.6) is 0 Å². The van der Waals surface area contributed by atoms with E-state index in [9.17, 15) is 4.39 Å². The summed E-state index contributed by atoms with van der Waals surface area (Å²) in [6, 6.07) is 15.2. The van der Waals surface area contributed by atoms with Crippen LogP contribution in [0.2, 0.25) is 0 Å². The SMILES string of the molecule is CCNCC(Cc1ccccc1Br)c1ccccc1F. The van der Waals surface area contributed by atoms with E-state index < -0.39 is 0 Å². The number of halogens is 2. The van der Waals surface area contributed by atoms with Crippen LogP contribution in [0.4, 0.5) is 4.39 Å². The van der Waals surface area contributed by atoms with E-state index in [-0.39, 0.29) is 11.7 Å². The Balaban J connectivity index is 2.24. The molecule has 0 aromatic heterocycles. The molecule has 0 aliphatic carbocycles. The third kappa shape index (κ3) is 3.90. The monoisotopic (exact) mass is 335 g/mol. The Bertz CT molecular complexity index is 556. The molecule has 2 aromatic carbocycles. The Morgan fingerprint density at radius 3 is 2.50 bits per heavy atom. The van der Waals surface area contributed by atoms with Gasteiger partial charge in [0.25, 0.3) is 0 Å². The van der Waals surface area contributed by atoms with Gasteiger partial charge in [-0.25, -0.2) is 4.39 Å². The van der Waals surface area contributed by atoms with Gasteiger partial charge in [0.2, 0.25) is 0 Å². The van der Waals surface area contributed by atoms with Gasteiger partial charge in [0.1, 0.15) is 5.82 Å². The van der Waals surface area contributed by atoms with E-state index in [1.54, 1.807) is 6.07 Å². The van der Waals surface area contributed by atoms with E-state index in [4.69, 9.17) is 0 Å². The van der Waals surface area contributed by atoms with Crippen molar-refractivity contribution in [3.63, 3.8) is 0 Å². The van der Waals surface area contributed by atoms with Crippen LogP contribution in [0.25, 0.3) is 0 Å². The minimum atomic E-state index is -0.123. The van der Waals surface area contributed by atoms with Gasteiger partial charge in [0, 0.05) is 16.9 Å². The fourth-order valence-electron chi connectivity index (χ4n) is 2.35. The number of benzene rings is 2. The lowest BCUT2D eigenvalue weighted by molar-refractivity contribution is 0.544. The summed E-state index contributed by atoms with van der Waals surface area (Å²) in [5.41, 5.74) is 1.99. The minimum absolute atomic E-state index is 0.123. The lowest BCUT2D eigenvalue weighted by Gasteiger charge is -2.19. The molecule has 0 bridgehead atoms. The van der Waals surface area contributed by atoms with Gasteiger partial charge in [-0.05, 0) is 36.2 Å². The molecule has 1 N–H and O–H groups in total. The second-order valence-corrected chi connectivity index (χ2v) is 5.68. The van der Waals surface area contributed by atoms with Crippen LogP contribution in [0.15, 0.2) is 53.0 Å². The van der Waals surface area contributed by atoms with Crippen molar-refractivity contribution in [1.82, 2.24) is 5.32 Å². The Morgan fingerprint density at radius 1 is 1.10 bits per heavy atom. The first-order chi connectivity index (χ1) is 9.72. The highest BCUT2D eigenvalue weighted by Gasteiger charge is 2.16. The quantitative estimate of drug-likeness (QED) is 0.818. The van der Waals surface area contributed by atoms with Crippen LogP contribution >= 0.6 is 15.9 Å². The van der Waals surface area contributed by atoms with Crippen molar-refractivity contribution in [2.75, 3.05) is 13.1 Å². The molecular weight excluding hydrogens is 317 g/mol. The molecule has 2 aromatic rings. The largest absolute Gasteiger partial charge is 0.316 e. The molecule has 1 atom stereocenters. The number of rotatable bonds is 6. The molecule has 0 spiro atoms. The van der Waals surface area contributed by atoms with Gasteiger partial charge in [-0.1, -0.05) is 59.3 Å². The molecule has 1 unspecified atom stereocenters. The summed E-state index contributed by atoms with van der Waals surface area (Å²) < 4.78 is 15.1. The normalized spacial score (nSPS) is 12.3. The van der Waals surface area contributed by atoms with Gasteiger partial charge in [-0.15, -0.1) is 0 Å². The summed E-state index contributed by atoms with van der Waals surface area (Å²) in [6.45, 7) is 3.73. The highest BCUT2D eigenvalue weighted by atomic mass is 79.9. The van der Waals surface area contributed by atoms with Crippen molar-refractivity contribution in [1.29, 1.82) is 0 Å². The van der Waals surface area contributed by atoms with E-state index in [1.165, 1.54) is 11.6 Å². The molecule has 0 aliphatic heterocycles. The van der Waals surface area contributed by atoms with Crippen LogP contribution in [-0.4, -0.2) is 13.1 Å². The third-order valence-corrected chi connectivity index (χ3v) is 4.18. The molecule has 1 nitrogen and oxygen atoms in total. The van der Waals surface area contributed by atoms with Crippen molar-refractivity contribution in [2.24, 2.45) is 0 Å². The molecule has 0 saturated carbocycles. The zero-order valence-corrected chi connectivity index (χ0v) is 13.2. The maximum absolute atomic E-state index is 14.0. The number of nitrogens with one attached hydrogen (secondary N) is 1. The lowest BCUT2D eigenvalue weighted by atomic mass is 9.91. The molecule has 0 saturated heterocycles. The minimum Gasteiger partial charge on any atom is -0.316 e. The first-order valence-electron chi connectivity index (χ1n) is 6.91. The number of likely N-dealkylation sites (N-methyl/N-ethyl adjacent to an activating group) is 1. The molecule has 0 aliphatic rings. The molecule has 2 rings (SSSR count). The summed E-state index contributed by atoms with van der Waals surface area (Å²) in [4.78, 5) is 0. The van der Waals surface area contributed by atoms with E-state index in [2.05, 4.69) is 34.2 Å². The van der Waals surface area contributed by atoms with Crippen LogP contribution in [-0.2, 0) is 6.42 Å². The molecule has 0 amide bonds. The molecule has 106 valence electrons. The summed E-state index contributed by atoms with van der Waals surface area (Å²) in [6.07, 6.45) is 0.815. The van der Waals surface area contributed by atoms with Gasteiger partial charge < -0.3 is 5.32 Å². The van der Waals surface area contributed by atoms with Crippen LogP contribution in [0.3, 0.4) is 0 Å². The van der Waals surface area contributed by atoms with Crippen molar-refractivity contribution in [2.45, 2.75) is 19.3 Å². The van der Waals surface area contributed by atoms with E-state index in [1.807, 2.05) is 30.3 Å². The maximum Gasteiger partial charge on any atom is 0.126 e. The number of hydrogen-bond donors (Lipinski definition) is 1. The van der Waals surface area contributed by atoms with Gasteiger partial charge in [0.05, 0.1) is 0 Å². The summed E-state index contributed by atoms with van der Waals surface area (Å²) in [5.74, 6) is 0.0114. The van der Waals surface area contributed by atoms with E-state index >= 15 is 0 Å². The fraction of sp³-hybridized carbons (Fsp3) is 0.294. The Morgan fingerprint density at radius 2 is 1.80 bits per heavy atom. The Labute approximate surface area is 128 Å². The second kappa shape index (κ2) is 7.55. The van der Waals surface area contributed by atoms with E-state index in [0.717, 1.165) is 29.5 Å². The van der Waals surface area contributed by atoms with Crippen molar-refractivity contribution >= 4 is 15.9 Å². The smallest absolute Gasteiger partial charge is 0.126 e. The number of hydrogen-bond acceptors (Lipinski definition) is 1. The summed E-state index contributed by atoms with van der Waals surface area (Å²) in [7, 11) is 0. The van der Waals surface area contributed by atoms with Crippen molar-refractivity contribution < 1.29 is 4.39 Å². The van der Waals surface area contributed by atoms with Crippen LogP contribution < -0.4 is 5.32 Å². The highest BCUT2D eigenvalue weighted by Crippen LogP contribution is 2.26. The average molecular weight is 336 g/mol. The van der Waals surface area contributed by atoms with Gasteiger partial charge >= 0.3 is 0 Å². The van der Waals surface area contributed by atoms with Crippen LogP contribution in [0.1, 0.15) is 24.0 Å². The Kier molecular flexibility index (Phi) is 5.74. The Hall–Kier alpha value is -1.19. The second-order valence-electron chi connectivity index (χ2n) is 4.82. The van der Waals surface area contributed by atoms with Crippen molar-refractivity contribution in [3.05, 3.63) is 69.9 Å². The van der Waals surface area contributed by atoms with Gasteiger partial charge in [0.15, 0.2) is 0 Å². The predicted molar refractivity (Wildman–Crippen MR) is 85.5 cm³/mol. The predicted octanol–water partition coefficient (Wildman–Crippen LogP) is 4.52. The fourth-order valence-corrected chi connectivity index (χ4v) is 2.79. The standard InChI is InChI=1S/C17H19BrFN/c1-2-20-12-14(15-8-4-6-10-17(15)19)11-13-7-3-5-9-16(13)18/h3-10,14,20H,2,11-12H2,1H3. The first-order valence-corrected chi connectivity index (χ1v) is 7.70. The molecular formula is C17H19BrFN. The first kappa shape index (κ1) is 15.2. The maximum atomic E-state index is 14.0. The molecule has 20 heavy (non-hydrogen) atoms. The summed E-state index contributed by atoms with van der Waals surface area (Å²) >= 11 is 3.57. The third-order valence-electron chi connectivity index (χ3n) is 3.41. The molecule has 0 radical (unpaired) electrons. The molecule has 0 fully saturated rings. The van der Waals surface area contributed by atoms with Crippen LogP contribution in [0, 0.1) is 5.82 Å². The zero-order chi connectivity index (χ0) is 14.4. The van der Waals surface area contributed by atoms with Gasteiger partial charge in [-0.2, -0.15) is 0 Å². The molecule has 3 heteroatoms. The van der Waals surface area contributed by atoms with Crippen molar-refractivity contribution in [3.8, 4) is 0 Å². The van der Waals surface area contributed by atoms with E-state index in [0.29, 0.717) is 0 Å². The topological polar surface area (TPSA) is 12.0 Å². The molecule has 0 heterocycles. The summed E-state index contributed by atoms with van der Waals surface area (Å²) in [5, 5.41) is 3.33. The average Bonchev–Trinajstić information content (AvgIpc) is 2.46. The lowest BCUT2D eigenvalue weighted by Crippen LogP contribution is -2.23. The highest BCUT2D eigenvalue weighted by molar-refractivity contribution is 9.10.